The van der Waals surface area contributed by atoms with E-state index in [1.54, 1.807) is 30.3 Å². The van der Waals surface area contributed by atoms with E-state index in [1.807, 2.05) is 39.0 Å². The summed E-state index contributed by atoms with van der Waals surface area (Å²) in [4.78, 5) is 27.1. The van der Waals surface area contributed by atoms with Crippen molar-refractivity contribution in [1.82, 2.24) is 20.4 Å². The average Bonchev–Trinajstić information content (AvgIpc) is 3.49. The second-order valence-electron chi connectivity index (χ2n) is 11.0. The van der Waals surface area contributed by atoms with Crippen molar-refractivity contribution in [1.29, 1.82) is 5.26 Å². The fraction of sp³-hybridized carbons (Fsp3) is 0.290. The third kappa shape index (κ3) is 5.26. The van der Waals surface area contributed by atoms with Crippen molar-refractivity contribution in [2.24, 2.45) is 5.41 Å². The van der Waals surface area contributed by atoms with Crippen molar-refractivity contribution in [2.45, 2.75) is 52.2 Å². The molecular formula is C31H30FN5O2. The number of nitrogens with one attached hydrogen (secondary N) is 2. The van der Waals surface area contributed by atoms with Crippen LogP contribution in [0.2, 0.25) is 0 Å². The van der Waals surface area contributed by atoms with Crippen LogP contribution < -0.4 is 10.6 Å². The quantitative estimate of drug-likeness (QED) is 0.370. The standard InChI is InChI=1S/C31H30FN5O2/c1-31(2,3)28(30(39)34-25-16-15-21-7-4-5-8-22(21)25)35-29(38)26-23-9-6-10-24(32)27(23)37(36-26)18-20-13-11-19(17-33)12-14-20/h4-14,25,28H,15-16,18H2,1-3H3,(H,34,39)(H,35,38)/t25-,28?/m1/s1. The van der Waals surface area contributed by atoms with Crippen molar-refractivity contribution in [3.8, 4) is 6.07 Å². The Balaban J connectivity index is 1.42. The topological polar surface area (TPSA) is 99.8 Å². The van der Waals surface area contributed by atoms with Gasteiger partial charge in [0.05, 0.1) is 24.2 Å². The Morgan fingerprint density at radius 3 is 2.56 bits per heavy atom. The summed E-state index contributed by atoms with van der Waals surface area (Å²) in [5.41, 5.74) is 3.30. The fourth-order valence-electron chi connectivity index (χ4n) is 5.17. The molecule has 1 aliphatic carbocycles. The molecule has 198 valence electrons. The van der Waals surface area contributed by atoms with Gasteiger partial charge in [0.25, 0.3) is 5.91 Å². The number of para-hydroxylation sites is 1. The first-order valence-corrected chi connectivity index (χ1v) is 13.0. The number of aryl methyl sites for hydroxylation is 1. The fourth-order valence-corrected chi connectivity index (χ4v) is 5.17. The van der Waals surface area contributed by atoms with Gasteiger partial charge in [-0.2, -0.15) is 10.4 Å². The summed E-state index contributed by atoms with van der Waals surface area (Å²) in [6, 6.07) is 20.6. The first-order valence-electron chi connectivity index (χ1n) is 13.0. The summed E-state index contributed by atoms with van der Waals surface area (Å²) >= 11 is 0. The molecule has 0 aliphatic heterocycles. The summed E-state index contributed by atoms with van der Waals surface area (Å²) in [5.74, 6) is -1.33. The maximum atomic E-state index is 15.0. The molecule has 5 rings (SSSR count). The highest BCUT2D eigenvalue weighted by Gasteiger charge is 2.36. The summed E-state index contributed by atoms with van der Waals surface area (Å²) in [5, 5.41) is 19.9. The molecule has 1 aliphatic rings. The first kappa shape index (κ1) is 26.1. The molecule has 0 spiro atoms. The summed E-state index contributed by atoms with van der Waals surface area (Å²) in [6.07, 6.45) is 1.70. The number of carbonyl (C=O) groups excluding carboxylic acids is 2. The number of aromatic nitrogens is 2. The molecule has 0 radical (unpaired) electrons. The van der Waals surface area contributed by atoms with E-state index in [1.165, 1.54) is 22.4 Å². The molecule has 1 unspecified atom stereocenters. The van der Waals surface area contributed by atoms with Crippen LogP contribution in [0.3, 0.4) is 0 Å². The molecule has 0 saturated carbocycles. The lowest BCUT2D eigenvalue weighted by Crippen LogP contribution is -2.54. The Hall–Kier alpha value is -4.51. The van der Waals surface area contributed by atoms with Gasteiger partial charge in [-0.05, 0) is 53.1 Å². The van der Waals surface area contributed by atoms with Gasteiger partial charge in [0.15, 0.2) is 5.69 Å². The minimum atomic E-state index is -0.843. The Labute approximate surface area is 226 Å². The molecule has 4 aromatic rings. The van der Waals surface area contributed by atoms with Crippen LogP contribution in [0.5, 0.6) is 0 Å². The highest BCUT2D eigenvalue weighted by molar-refractivity contribution is 6.06. The Kier molecular flexibility index (Phi) is 6.92. The van der Waals surface area contributed by atoms with Crippen LogP contribution in [0.25, 0.3) is 10.9 Å². The number of hydrogen-bond donors (Lipinski definition) is 2. The number of rotatable bonds is 6. The number of halogens is 1. The molecule has 0 bridgehead atoms. The molecule has 0 fully saturated rings. The molecule has 1 heterocycles. The van der Waals surface area contributed by atoms with Gasteiger partial charge in [0, 0.05) is 5.39 Å². The third-order valence-electron chi connectivity index (χ3n) is 7.20. The lowest BCUT2D eigenvalue weighted by Gasteiger charge is -2.31. The number of amides is 2. The van der Waals surface area contributed by atoms with Gasteiger partial charge >= 0.3 is 0 Å². The van der Waals surface area contributed by atoms with Crippen molar-refractivity contribution < 1.29 is 14.0 Å². The monoisotopic (exact) mass is 523 g/mol. The number of benzene rings is 3. The van der Waals surface area contributed by atoms with Gasteiger partial charge in [0.2, 0.25) is 5.91 Å². The van der Waals surface area contributed by atoms with Gasteiger partial charge in [0.1, 0.15) is 17.4 Å². The van der Waals surface area contributed by atoms with Gasteiger partial charge in [-0.15, -0.1) is 0 Å². The van der Waals surface area contributed by atoms with Gasteiger partial charge in [-0.25, -0.2) is 4.39 Å². The van der Waals surface area contributed by atoms with Crippen molar-refractivity contribution in [3.05, 3.63) is 100 Å². The number of hydrogen-bond acceptors (Lipinski definition) is 4. The van der Waals surface area contributed by atoms with E-state index in [0.717, 1.165) is 24.0 Å². The zero-order valence-corrected chi connectivity index (χ0v) is 22.2. The number of nitriles is 1. The normalized spacial score (nSPS) is 15.4. The number of fused-ring (bicyclic) bond motifs is 2. The zero-order valence-electron chi connectivity index (χ0n) is 22.2. The van der Waals surface area contributed by atoms with E-state index in [-0.39, 0.29) is 29.7 Å². The van der Waals surface area contributed by atoms with Crippen LogP contribution in [0.4, 0.5) is 4.39 Å². The van der Waals surface area contributed by atoms with Crippen LogP contribution in [-0.4, -0.2) is 27.6 Å². The summed E-state index contributed by atoms with van der Waals surface area (Å²) in [6.45, 7) is 5.88. The van der Waals surface area contributed by atoms with E-state index in [0.29, 0.717) is 10.9 Å². The van der Waals surface area contributed by atoms with E-state index in [9.17, 15) is 14.0 Å². The molecule has 0 saturated heterocycles. The second kappa shape index (κ2) is 10.3. The third-order valence-corrected chi connectivity index (χ3v) is 7.20. The number of nitrogens with zero attached hydrogens (tertiary/aromatic N) is 3. The molecule has 2 atom stereocenters. The van der Waals surface area contributed by atoms with Crippen LogP contribution in [-0.2, 0) is 17.8 Å². The van der Waals surface area contributed by atoms with Crippen molar-refractivity contribution in [2.75, 3.05) is 0 Å². The lowest BCUT2D eigenvalue weighted by molar-refractivity contribution is -0.126. The first-order chi connectivity index (χ1) is 18.7. The second-order valence-corrected chi connectivity index (χ2v) is 11.0. The zero-order chi connectivity index (χ0) is 27.7. The van der Waals surface area contributed by atoms with Crippen LogP contribution in [0.15, 0.2) is 66.7 Å². The van der Waals surface area contributed by atoms with E-state index >= 15 is 0 Å². The Morgan fingerprint density at radius 1 is 1.10 bits per heavy atom. The van der Waals surface area contributed by atoms with Crippen LogP contribution >= 0.6 is 0 Å². The molecule has 7 nitrogen and oxygen atoms in total. The smallest absolute Gasteiger partial charge is 0.273 e. The molecule has 3 aromatic carbocycles. The maximum Gasteiger partial charge on any atom is 0.273 e. The van der Waals surface area contributed by atoms with Gasteiger partial charge in [-0.3, -0.25) is 14.3 Å². The largest absolute Gasteiger partial charge is 0.347 e. The highest BCUT2D eigenvalue weighted by Crippen LogP contribution is 2.32. The van der Waals surface area contributed by atoms with Crippen LogP contribution in [0, 0.1) is 22.6 Å². The SMILES string of the molecule is CC(C)(C)C(NC(=O)c1nn(Cc2ccc(C#N)cc2)c2c(F)cccc12)C(=O)N[C@@H]1CCc2ccccc21. The molecular weight excluding hydrogens is 493 g/mol. The molecule has 2 amide bonds. The van der Waals surface area contributed by atoms with Crippen LogP contribution in [0.1, 0.15) is 66.0 Å². The lowest BCUT2D eigenvalue weighted by atomic mass is 9.85. The Morgan fingerprint density at radius 2 is 1.85 bits per heavy atom. The summed E-state index contributed by atoms with van der Waals surface area (Å²) < 4.78 is 16.4. The number of carbonyl (C=O) groups is 2. The minimum Gasteiger partial charge on any atom is -0.347 e. The van der Waals surface area contributed by atoms with Gasteiger partial charge < -0.3 is 10.6 Å². The molecule has 8 heteroatoms. The van der Waals surface area contributed by atoms with E-state index in [4.69, 9.17) is 5.26 Å². The minimum absolute atomic E-state index is 0.0476. The van der Waals surface area contributed by atoms with Gasteiger partial charge in [-0.1, -0.05) is 69.3 Å². The molecule has 2 N–H and O–H groups in total. The van der Waals surface area contributed by atoms with E-state index < -0.39 is 23.2 Å². The molecule has 1 aromatic heterocycles. The predicted octanol–water partition coefficient (Wildman–Crippen LogP) is 5.04. The molecule has 39 heavy (non-hydrogen) atoms. The Bertz CT molecular complexity index is 1590. The summed E-state index contributed by atoms with van der Waals surface area (Å²) in [7, 11) is 0. The highest BCUT2D eigenvalue weighted by atomic mass is 19.1. The van der Waals surface area contributed by atoms with Crippen molar-refractivity contribution in [3.63, 3.8) is 0 Å². The average molecular weight is 524 g/mol. The maximum absolute atomic E-state index is 15.0. The van der Waals surface area contributed by atoms with Crippen molar-refractivity contribution >= 4 is 22.7 Å². The van der Waals surface area contributed by atoms with E-state index in [2.05, 4.69) is 27.9 Å². The predicted molar refractivity (Wildman–Crippen MR) is 146 cm³/mol.